The van der Waals surface area contributed by atoms with Crippen LogP contribution >= 0.6 is 0 Å². The summed E-state index contributed by atoms with van der Waals surface area (Å²) in [5, 5.41) is 0. The lowest BCUT2D eigenvalue weighted by atomic mass is 9.86. The van der Waals surface area contributed by atoms with Gasteiger partial charge in [-0.1, -0.05) is 0 Å². The van der Waals surface area contributed by atoms with Crippen LogP contribution in [0, 0.1) is 5.92 Å². The maximum Gasteiger partial charge on any atom is 0.0944 e. The quantitative estimate of drug-likeness (QED) is 0.833. The summed E-state index contributed by atoms with van der Waals surface area (Å²) in [6.07, 6.45) is 12.2. The zero-order chi connectivity index (χ0) is 13.1. The maximum atomic E-state index is 12.6. The number of pyridine rings is 1. The van der Waals surface area contributed by atoms with Gasteiger partial charge in [0.25, 0.3) is 0 Å². The zero-order valence-electron chi connectivity index (χ0n) is 11.1. The van der Waals surface area contributed by atoms with E-state index in [9.17, 15) is 4.39 Å². The number of halogens is 1. The molecule has 1 saturated carbocycles. The van der Waals surface area contributed by atoms with E-state index in [4.69, 9.17) is 0 Å². The van der Waals surface area contributed by atoms with Crippen molar-refractivity contribution >= 4 is 5.69 Å². The molecule has 3 rings (SSSR count). The number of alkyl halides is 1. The number of hydrogen-bond donors (Lipinski definition) is 0. The molecule has 102 valence electrons. The molecular weight excluding hydrogens is 241 g/mol. The number of rotatable bonds is 3. The van der Waals surface area contributed by atoms with Crippen molar-refractivity contribution in [1.82, 2.24) is 9.88 Å². The summed E-state index contributed by atoms with van der Waals surface area (Å²) in [4.78, 5) is 8.65. The molecule has 0 saturated heterocycles. The van der Waals surface area contributed by atoms with E-state index in [0.717, 1.165) is 32.4 Å². The highest BCUT2D eigenvalue weighted by Crippen LogP contribution is 2.30. The molecule has 0 atom stereocenters. The summed E-state index contributed by atoms with van der Waals surface area (Å²) in [6, 6.07) is 4.62. The van der Waals surface area contributed by atoms with Crippen LogP contribution in [-0.2, 0) is 0 Å². The topological polar surface area (TPSA) is 19.4 Å². The van der Waals surface area contributed by atoms with Gasteiger partial charge >= 0.3 is 0 Å². The van der Waals surface area contributed by atoms with E-state index in [1.807, 2.05) is 24.5 Å². The van der Waals surface area contributed by atoms with Crippen LogP contribution in [0.5, 0.6) is 0 Å². The highest BCUT2D eigenvalue weighted by molar-refractivity contribution is 5.48. The van der Waals surface area contributed by atoms with E-state index < -0.39 is 0 Å². The largest absolute Gasteiger partial charge is 0.355 e. The van der Waals surface area contributed by atoms with Crippen LogP contribution in [0.1, 0.15) is 25.7 Å². The number of aromatic nitrogens is 1. The molecule has 0 amide bonds. The van der Waals surface area contributed by atoms with Gasteiger partial charge in [-0.15, -0.1) is 0 Å². The molecule has 2 aliphatic rings. The molecule has 3 nitrogen and oxygen atoms in total. The number of anilines is 1. The average Bonchev–Trinajstić information content (AvgIpc) is 2.98. The first-order chi connectivity index (χ1) is 9.36. The lowest BCUT2D eigenvalue weighted by molar-refractivity contribution is 0.178. The van der Waals surface area contributed by atoms with Crippen molar-refractivity contribution < 1.29 is 4.39 Å². The summed E-state index contributed by atoms with van der Waals surface area (Å²) in [6.45, 7) is 0.751. The minimum Gasteiger partial charge on any atom is -0.355 e. The molecule has 1 aromatic heterocycles. The van der Waals surface area contributed by atoms with Crippen molar-refractivity contribution in [3.8, 4) is 0 Å². The smallest absolute Gasteiger partial charge is 0.0944 e. The normalized spacial score (nSPS) is 27.0. The van der Waals surface area contributed by atoms with E-state index in [0.29, 0.717) is 12.0 Å². The molecule has 1 aromatic rings. The molecule has 2 heterocycles. The molecule has 1 aliphatic carbocycles. The fourth-order valence-electron chi connectivity index (χ4n) is 3.01. The predicted molar refractivity (Wildman–Crippen MR) is 74.3 cm³/mol. The lowest BCUT2D eigenvalue weighted by Gasteiger charge is -2.34. The van der Waals surface area contributed by atoms with Crippen molar-refractivity contribution in [3.63, 3.8) is 0 Å². The van der Waals surface area contributed by atoms with E-state index in [1.54, 1.807) is 0 Å². The molecule has 1 fully saturated rings. The third-order valence-electron chi connectivity index (χ3n) is 4.25. The van der Waals surface area contributed by atoms with Crippen LogP contribution in [0.4, 0.5) is 10.1 Å². The molecule has 19 heavy (non-hydrogen) atoms. The van der Waals surface area contributed by atoms with Crippen molar-refractivity contribution in [2.75, 3.05) is 18.2 Å². The molecule has 0 N–H and O–H groups in total. The molecule has 0 aromatic carbocycles. The summed E-state index contributed by atoms with van der Waals surface area (Å²) >= 11 is 0. The Morgan fingerprint density at radius 2 is 1.84 bits per heavy atom. The molecule has 0 radical (unpaired) electrons. The Morgan fingerprint density at radius 1 is 1.11 bits per heavy atom. The van der Waals surface area contributed by atoms with Crippen molar-refractivity contribution in [2.45, 2.75) is 31.7 Å². The van der Waals surface area contributed by atoms with Gasteiger partial charge in [-0.05, 0) is 43.7 Å². The van der Waals surface area contributed by atoms with E-state index in [-0.39, 0.29) is 6.67 Å². The minimum absolute atomic E-state index is 0.147. The highest BCUT2D eigenvalue weighted by Gasteiger charge is 2.27. The van der Waals surface area contributed by atoms with Gasteiger partial charge in [0.2, 0.25) is 0 Å². The number of nitrogens with zero attached hydrogens (tertiary/aromatic N) is 3. The Hall–Kier alpha value is -1.58. The SMILES string of the molecule is FCC1CCC(N2C=CN(c3ccncc3)C2)CC1. The number of hydrogen-bond acceptors (Lipinski definition) is 3. The van der Waals surface area contributed by atoms with Gasteiger partial charge in [-0.3, -0.25) is 9.37 Å². The third-order valence-corrected chi connectivity index (χ3v) is 4.25. The molecule has 4 heteroatoms. The standard InChI is InChI=1S/C15H20FN3/c16-11-13-1-3-14(4-2-13)18-9-10-19(12-18)15-5-7-17-8-6-15/h5-10,13-14H,1-4,11-12H2. The Balaban J connectivity index is 1.57. The Bertz CT molecular complexity index is 426. The van der Waals surface area contributed by atoms with E-state index >= 15 is 0 Å². The molecule has 0 spiro atoms. The van der Waals surface area contributed by atoms with Crippen LogP contribution in [0.25, 0.3) is 0 Å². The van der Waals surface area contributed by atoms with Gasteiger partial charge in [0.15, 0.2) is 0 Å². The summed E-state index contributed by atoms with van der Waals surface area (Å²) in [5.41, 5.74) is 1.17. The van der Waals surface area contributed by atoms with Crippen LogP contribution in [0.15, 0.2) is 36.9 Å². The second-order valence-electron chi connectivity index (χ2n) is 5.46. The lowest BCUT2D eigenvalue weighted by Crippen LogP contribution is -2.37. The minimum atomic E-state index is -0.147. The first-order valence-corrected chi connectivity index (χ1v) is 7.03. The highest BCUT2D eigenvalue weighted by atomic mass is 19.1. The third kappa shape index (κ3) is 2.72. The molecule has 1 aliphatic heterocycles. The van der Waals surface area contributed by atoms with Gasteiger partial charge < -0.3 is 9.80 Å². The van der Waals surface area contributed by atoms with Crippen LogP contribution in [0.3, 0.4) is 0 Å². The van der Waals surface area contributed by atoms with Gasteiger partial charge in [-0.2, -0.15) is 0 Å². The van der Waals surface area contributed by atoms with Crippen LogP contribution in [0.2, 0.25) is 0 Å². The first kappa shape index (κ1) is 12.5. The van der Waals surface area contributed by atoms with Crippen LogP contribution < -0.4 is 4.90 Å². The molecule has 0 bridgehead atoms. The fourth-order valence-corrected chi connectivity index (χ4v) is 3.01. The Labute approximate surface area is 113 Å². The predicted octanol–water partition coefficient (Wildman–Crippen LogP) is 3.16. The summed E-state index contributed by atoms with van der Waals surface area (Å²) in [7, 11) is 0. The fraction of sp³-hybridized carbons (Fsp3) is 0.533. The van der Waals surface area contributed by atoms with Gasteiger partial charge in [0.05, 0.1) is 13.3 Å². The van der Waals surface area contributed by atoms with Crippen molar-refractivity contribution in [1.29, 1.82) is 0 Å². The van der Waals surface area contributed by atoms with E-state index in [2.05, 4.69) is 27.2 Å². The van der Waals surface area contributed by atoms with Crippen molar-refractivity contribution in [2.24, 2.45) is 5.92 Å². The first-order valence-electron chi connectivity index (χ1n) is 7.03. The monoisotopic (exact) mass is 261 g/mol. The molecule has 0 unspecified atom stereocenters. The van der Waals surface area contributed by atoms with Gasteiger partial charge in [-0.25, -0.2) is 0 Å². The Morgan fingerprint density at radius 3 is 2.53 bits per heavy atom. The summed E-state index contributed by atoms with van der Waals surface area (Å²) < 4.78 is 12.6. The second-order valence-corrected chi connectivity index (χ2v) is 5.46. The maximum absolute atomic E-state index is 12.6. The Kier molecular flexibility index (Phi) is 3.67. The van der Waals surface area contributed by atoms with Crippen molar-refractivity contribution in [3.05, 3.63) is 36.9 Å². The van der Waals surface area contributed by atoms with E-state index in [1.165, 1.54) is 5.69 Å². The van der Waals surface area contributed by atoms with Crippen LogP contribution in [-0.4, -0.2) is 29.3 Å². The summed E-state index contributed by atoms with van der Waals surface area (Å²) in [5.74, 6) is 0.305. The average molecular weight is 261 g/mol. The van der Waals surface area contributed by atoms with Gasteiger partial charge in [0, 0.05) is 36.5 Å². The van der Waals surface area contributed by atoms with Gasteiger partial charge in [0.1, 0.15) is 0 Å². The second kappa shape index (κ2) is 5.59. The molecular formula is C15H20FN3. The zero-order valence-corrected chi connectivity index (χ0v) is 11.1.